The highest BCUT2D eigenvalue weighted by molar-refractivity contribution is 7.20. The average molecular weight is 653 g/mol. The quantitative estimate of drug-likeness (QED) is 0.138. The molecule has 0 unspecified atom stereocenters. The molecule has 0 saturated heterocycles. The van der Waals surface area contributed by atoms with E-state index in [0.717, 1.165) is 59.4 Å². The predicted octanol–water partition coefficient (Wildman–Crippen LogP) is 7.44. The number of rotatable bonds is 6. The van der Waals surface area contributed by atoms with Gasteiger partial charge in [0.05, 0.1) is 33.8 Å². The first-order valence-electron chi connectivity index (χ1n) is 16.4. The molecule has 0 N–H and O–H groups in total. The Morgan fingerprint density at radius 1 is 0.460 bits per heavy atom. The normalized spacial score (nSPS) is 11.1. The van der Waals surface area contributed by atoms with Crippen molar-refractivity contribution in [3.63, 3.8) is 0 Å². The first-order chi connectivity index (χ1) is 24.7. The minimum absolute atomic E-state index is 0.359. The van der Waals surface area contributed by atoms with Crippen molar-refractivity contribution in [2.45, 2.75) is 0 Å². The zero-order valence-electron chi connectivity index (χ0n) is 27.0. The number of fused-ring (bicyclic) bond motifs is 3. The van der Waals surface area contributed by atoms with Crippen molar-refractivity contribution in [3.05, 3.63) is 187 Å². The second-order valence-electron chi connectivity index (χ2n) is 12.2. The van der Waals surface area contributed by atoms with Crippen LogP contribution in [0.1, 0.15) is 16.7 Å². The van der Waals surface area contributed by atoms with Crippen LogP contribution in [0.3, 0.4) is 0 Å². The van der Waals surface area contributed by atoms with Crippen molar-refractivity contribution < 1.29 is 0 Å². The van der Waals surface area contributed by atoms with E-state index in [1.54, 1.807) is 6.07 Å². The number of nitriles is 3. The number of benzene rings is 7. The maximum atomic E-state index is 11.0. The highest BCUT2D eigenvalue weighted by atomic mass is 28.3. The van der Waals surface area contributed by atoms with E-state index in [4.69, 9.17) is 0 Å². The molecule has 1 heterocycles. The van der Waals surface area contributed by atoms with Gasteiger partial charge in [-0.05, 0) is 74.3 Å². The van der Waals surface area contributed by atoms with Crippen LogP contribution in [0.25, 0.3) is 38.6 Å². The number of aromatic nitrogens is 1. The molecule has 0 aliphatic carbocycles. The molecule has 8 rings (SSSR count). The van der Waals surface area contributed by atoms with Crippen LogP contribution in [-0.4, -0.2) is 12.6 Å². The smallest absolute Gasteiger partial charge is 0.181 e. The Morgan fingerprint density at radius 3 is 1.66 bits per heavy atom. The van der Waals surface area contributed by atoms with Crippen molar-refractivity contribution in [1.82, 2.24) is 4.57 Å². The second-order valence-corrected chi connectivity index (χ2v) is 16.0. The lowest BCUT2D eigenvalue weighted by atomic mass is 9.99. The largest absolute Gasteiger partial charge is 0.309 e. The summed E-state index contributed by atoms with van der Waals surface area (Å²) in [6, 6.07) is 64.9. The van der Waals surface area contributed by atoms with E-state index in [9.17, 15) is 15.8 Å². The fourth-order valence-electron chi connectivity index (χ4n) is 7.57. The summed E-state index contributed by atoms with van der Waals surface area (Å²) in [7, 11) is -3.23. The Bertz CT molecular complexity index is 2580. The van der Waals surface area contributed by atoms with E-state index in [2.05, 4.69) is 132 Å². The summed E-state index contributed by atoms with van der Waals surface area (Å²) in [6.07, 6.45) is 0. The molecule has 232 valence electrons. The van der Waals surface area contributed by atoms with Crippen LogP contribution in [0.2, 0.25) is 0 Å². The van der Waals surface area contributed by atoms with E-state index in [1.165, 1.54) is 0 Å². The molecule has 0 amide bonds. The minimum atomic E-state index is -3.23. The molecule has 0 spiro atoms. The number of hydrogen-bond acceptors (Lipinski definition) is 3. The van der Waals surface area contributed by atoms with Crippen LogP contribution in [-0.2, 0) is 0 Å². The summed E-state index contributed by atoms with van der Waals surface area (Å²) in [4.78, 5) is 0. The lowest BCUT2D eigenvalue weighted by Gasteiger charge is -2.37. The van der Waals surface area contributed by atoms with Gasteiger partial charge in [0, 0.05) is 16.5 Å². The molecule has 1 aromatic heterocycles. The third kappa shape index (κ3) is 4.72. The molecule has 5 heteroatoms. The summed E-state index contributed by atoms with van der Waals surface area (Å²) < 4.78 is 2.24. The number of hydrogen-bond donors (Lipinski definition) is 0. The van der Waals surface area contributed by atoms with Crippen molar-refractivity contribution in [2.75, 3.05) is 0 Å². The van der Waals surface area contributed by atoms with Crippen molar-refractivity contribution in [3.8, 4) is 35.0 Å². The average Bonchev–Trinajstić information content (AvgIpc) is 3.53. The Balaban J connectivity index is 1.49. The van der Waals surface area contributed by atoms with Gasteiger partial charge in [-0.3, -0.25) is 0 Å². The van der Waals surface area contributed by atoms with Crippen LogP contribution in [0.5, 0.6) is 0 Å². The molecule has 0 radical (unpaired) electrons. The molecule has 7 aromatic carbocycles. The maximum Gasteiger partial charge on any atom is 0.181 e. The third-order valence-corrected chi connectivity index (χ3v) is 14.5. The molecular formula is C45H28N4Si. The molecule has 50 heavy (non-hydrogen) atoms. The van der Waals surface area contributed by atoms with Gasteiger partial charge < -0.3 is 4.57 Å². The van der Waals surface area contributed by atoms with Gasteiger partial charge >= 0.3 is 0 Å². The minimum Gasteiger partial charge on any atom is -0.309 e. The lowest BCUT2D eigenvalue weighted by molar-refractivity contribution is 1.18. The topological polar surface area (TPSA) is 76.3 Å². The van der Waals surface area contributed by atoms with Crippen molar-refractivity contribution >= 4 is 50.6 Å². The lowest BCUT2D eigenvalue weighted by Crippen LogP contribution is -2.75. The highest BCUT2D eigenvalue weighted by Gasteiger charge is 2.45. The summed E-state index contributed by atoms with van der Waals surface area (Å²) in [5, 5.41) is 37.4. The number of nitrogens with zero attached hydrogens (tertiary/aromatic N) is 4. The predicted molar refractivity (Wildman–Crippen MR) is 204 cm³/mol. The Labute approximate surface area is 291 Å². The zero-order chi connectivity index (χ0) is 34.1. The molecule has 4 nitrogen and oxygen atoms in total. The van der Waals surface area contributed by atoms with E-state index < -0.39 is 8.07 Å². The second kappa shape index (κ2) is 12.6. The van der Waals surface area contributed by atoms with E-state index >= 15 is 0 Å². The summed E-state index contributed by atoms with van der Waals surface area (Å²) in [6.45, 7) is 0. The fourth-order valence-corrected chi connectivity index (χ4v) is 12.7. The van der Waals surface area contributed by atoms with Gasteiger partial charge in [0.1, 0.15) is 12.1 Å². The van der Waals surface area contributed by atoms with E-state index in [0.29, 0.717) is 16.7 Å². The SMILES string of the molecule is N#Cc1ccc2c(c1)c1ccccc1n2-c1cccc(-c2ccc(C#N)c(C#N)c2[Si](c2ccccc2)(c2ccccc2)c2ccccc2)c1. The summed E-state index contributed by atoms with van der Waals surface area (Å²) in [5.41, 5.74) is 6.23. The standard InChI is InChI=1S/C45H28N4Si/c46-29-32-23-26-44-41(27-32)40-21-10-11-22-43(40)49(44)35-14-12-13-33(28-35)39-25-24-34(30-47)42(31-48)45(39)50(36-15-4-1-5-16-36,37-17-6-2-7-18-37)38-19-8-3-9-20-38/h1-28H. The molecule has 0 fully saturated rings. The molecule has 0 bridgehead atoms. The van der Waals surface area contributed by atoms with Gasteiger partial charge in [0.15, 0.2) is 8.07 Å². The van der Waals surface area contributed by atoms with Gasteiger partial charge in [0.2, 0.25) is 0 Å². The van der Waals surface area contributed by atoms with Gasteiger partial charge in [-0.15, -0.1) is 0 Å². The molecule has 0 atom stereocenters. The molecular weight excluding hydrogens is 625 g/mol. The van der Waals surface area contributed by atoms with Crippen molar-refractivity contribution in [1.29, 1.82) is 15.8 Å². The first kappa shape index (κ1) is 30.4. The molecule has 0 aliphatic heterocycles. The third-order valence-electron chi connectivity index (χ3n) is 9.65. The first-order valence-corrected chi connectivity index (χ1v) is 18.4. The van der Waals surface area contributed by atoms with E-state index in [1.807, 2.05) is 54.6 Å². The summed E-state index contributed by atoms with van der Waals surface area (Å²) in [5.74, 6) is 0. The highest BCUT2D eigenvalue weighted by Crippen LogP contribution is 2.34. The Hall–Kier alpha value is -6.97. The van der Waals surface area contributed by atoms with Crippen LogP contribution >= 0.6 is 0 Å². The summed E-state index contributed by atoms with van der Waals surface area (Å²) >= 11 is 0. The van der Waals surface area contributed by atoms with Crippen LogP contribution in [0.15, 0.2) is 170 Å². The van der Waals surface area contributed by atoms with Gasteiger partial charge in [-0.25, -0.2) is 0 Å². The Kier molecular flexibility index (Phi) is 7.63. The monoisotopic (exact) mass is 652 g/mol. The van der Waals surface area contributed by atoms with Crippen molar-refractivity contribution in [2.24, 2.45) is 0 Å². The fraction of sp³-hybridized carbons (Fsp3) is 0. The molecule has 8 aromatic rings. The maximum absolute atomic E-state index is 11.0. The number of para-hydroxylation sites is 1. The van der Waals surface area contributed by atoms with Crippen LogP contribution in [0.4, 0.5) is 0 Å². The van der Waals surface area contributed by atoms with Gasteiger partial charge in [0.25, 0.3) is 0 Å². The van der Waals surface area contributed by atoms with E-state index in [-0.39, 0.29) is 0 Å². The molecule has 0 saturated carbocycles. The molecule has 0 aliphatic rings. The zero-order valence-corrected chi connectivity index (χ0v) is 28.0. The van der Waals surface area contributed by atoms with Crippen LogP contribution in [0, 0.1) is 34.0 Å². The van der Waals surface area contributed by atoms with Gasteiger partial charge in [-0.1, -0.05) is 127 Å². The van der Waals surface area contributed by atoms with Crippen LogP contribution < -0.4 is 20.7 Å². The van der Waals surface area contributed by atoms with Gasteiger partial charge in [-0.2, -0.15) is 15.8 Å². The Morgan fingerprint density at radius 2 is 1.06 bits per heavy atom.